The summed E-state index contributed by atoms with van der Waals surface area (Å²) in [5, 5.41) is 0. The Labute approximate surface area is 110 Å². The third-order valence-corrected chi connectivity index (χ3v) is 3.56. The lowest BCUT2D eigenvalue weighted by atomic mass is 10.1. The molecule has 0 spiro atoms. The second-order valence-electron chi connectivity index (χ2n) is 5.28. The predicted octanol–water partition coefficient (Wildman–Crippen LogP) is 3.51. The molecule has 1 saturated carbocycles. The van der Waals surface area contributed by atoms with Gasteiger partial charge in [-0.1, -0.05) is 51.9 Å². The van der Waals surface area contributed by atoms with Gasteiger partial charge in [-0.05, 0) is 12.8 Å². The van der Waals surface area contributed by atoms with Gasteiger partial charge in [-0.3, -0.25) is 4.79 Å². The van der Waals surface area contributed by atoms with Gasteiger partial charge >= 0.3 is 5.97 Å². The van der Waals surface area contributed by atoms with E-state index in [0.717, 1.165) is 19.1 Å². The van der Waals surface area contributed by atoms with E-state index in [4.69, 9.17) is 4.74 Å². The molecule has 0 amide bonds. The van der Waals surface area contributed by atoms with E-state index in [9.17, 15) is 9.59 Å². The maximum Gasteiger partial charge on any atom is 0.309 e. The van der Waals surface area contributed by atoms with Gasteiger partial charge in [0.05, 0.1) is 12.5 Å². The van der Waals surface area contributed by atoms with Crippen LogP contribution < -0.4 is 0 Å². The van der Waals surface area contributed by atoms with E-state index in [-0.39, 0.29) is 17.8 Å². The lowest BCUT2D eigenvalue weighted by molar-refractivity contribution is -0.146. The number of ether oxygens (including phenoxy) is 1. The largest absolute Gasteiger partial charge is 0.465 e. The summed E-state index contributed by atoms with van der Waals surface area (Å²) in [6.45, 7) is 2.75. The van der Waals surface area contributed by atoms with Gasteiger partial charge in [-0.2, -0.15) is 0 Å². The molecule has 0 bridgehead atoms. The normalized spacial score (nSPS) is 21.6. The SMILES string of the molecule is CCCCCCCCCCOC(=O)C1CC1C=O. The van der Waals surface area contributed by atoms with Crippen molar-refractivity contribution in [3.8, 4) is 0 Å². The number of rotatable bonds is 11. The van der Waals surface area contributed by atoms with Crippen LogP contribution in [-0.2, 0) is 14.3 Å². The van der Waals surface area contributed by atoms with Gasteiger partial charge in [0.1, 0.15) is 6.29 Å². The Morgan fingerprint density at radius 2 is 1.72 bits per heavy atom. The molecule has 1 aliphatic rings. The average Bonchev–Trinajstić information content (AvgIpc) is 3.16. The minimum Gasteiger partial charge on any atom is -0.465 e. The molecule has 1 fully saturated rings. The topological polar surface area (TPSA) is 43.4 Å². The van der Waals surface area contributed by atoms with Crippen LogP contribution in [0.15, 0.2) is 0 Å². The van der Waals surface area contributed by atoms with Crippen LogP contribution in [0.2, 0.25) is 0 Å². The molecule has 3 nitrogen and oxygen atoms in total. The summed E-state index contributed by atoms with van der Waals surface area (Å²) < 4.78 is 5.15. The number of hydrogen-bond acceptors (Lipinski definition) is 3. The molecule has 0 N–H and O–H groups in total. The molecule has 1 rings (SSSR count). The summed E-state index contributed by atoms with van der Waals surface area (Å²) in [6.07, 6.45) is 11.5. The van der Waals surface area contributed by atoms with Crippen molar-refractivity contribution in [3.05, 3.63) is 0 Å². The van der Waals surface area contributed by atoms with Crippen molar-refractivity contribution >= 4 is 12.3 Å². The third kappa shape index (κ3) is 6.18. The minimum absolute atomic E-state index is 0.0592. The molecule has 2 unspecified atom stereocenters. The number of unbranched alkanes of at least 4 members (excludes halogenated alkanes) is 7. The summed E-state index contributed by atoms with van der Waals surface area (Å²) in [7, 11) is 0. The molecule has 0 aromatic rings. The first kappa shape index (κ1) is 15.2. The molecule has 2 atom stereocenters. The molecule has 104 valence electrons. The lowest BCUT2D eigenvalue weighted by Gasteiger charge is -2.04. The molecule has 3 heteroatoms. The zero-order valence-electron chi connectivity index (χ0n) is 11.5. The van der Waals surface area contributed by atoms with E-state index in [1.54, 1.807) is 0 Å². The molecule has 0 heterocycles. The van der Waals surface area contributed by atoms with Gasteiger partial charge < -0.3 is 9.53 Å². The maximum atomic E-state index is 11.4. The minimum atomic E-state index is -0.171. The predicted molar refractivity (Wildman–Crippen MR) is 71.2 cm³/mol. The van der Waals surface area contributed by atoms with Crippen molar-refractivity contribution in [2.24, 2.45) is 11.8 Å². The van der Waals surface area contributed by atoms with Gasteiger partial charge in [0.25, 0.3) is 0 Å². The Balaban J connectivity index is 1.81. The second-order valence-corrected chi connectivity index (χ2v) is 5.28. The Kier molecular flexibility index (Phi) is 7.70. The molecular formula is C15H26O3. The van der Waals surface area contributed by atoms with Crippen LogP contribution in [0.4, 0.5) is 0 Å². The number of aldehydes is 1. The zero-order valence-corrected chi connectivity index (χ0v) is 11.5. The average molecular weight is 254 g/mol. The summed E-state index contributed by atoms with van der Waals surface area (Å²) in [6, 6.07) is 0. The van der Waals surface area contributed by atoms with Crippen molar-refractivity contribution in [1.29, 1.82) is 0 Å². The Hall–Kier alpha value is -0.860. The Morgan fingerprint density at radius 3 is 2.28 bits per heavy atom. The van der Waals surface area contributed by atoms with Crippen LogP contribution in [0.3, 0.4) is 0 Å². The highest BCUT2D eigenvalue weighted by molar-refractivity contribution is 5.81. The second kappa shape index (κ2) is 9.12. The van der Waals surface area contributed by atoms with Crippen LogP contribution in [0.1, 0.15) is 64.7 Å². The van der Waals surface area contributed by atoms with E-state index < -0.39 is 0 Å². The first-order chi connectivity index (χ1) is 8.79. The molecule has 0 saturated heterocycles. The van der Waals surface area contributed by atoms with Gasteiger partial charge in [-0.25, -0.2) is 0 Å². The van der Waals surface area contributed by atoms with Crippen molar-refractivity contribution in [1.82, 2.24) is 0 Å². The van der Waals surface area contributed by atoms with E-state index >= 15 is 0 Å². The number of hydrogen-bond donors (Lipinski definition) is 0. The van der Waals surface area contributed by atoms with Gasteiger partial charge in [-0.15, -0.1) is 0 Å². The van der Waals surface area contributed by atoms with Crippen molar-refractivity contribution in [2.75, 3.05) is 6.61 Å². The van der Waals surface area contributed by atoms with E-state index in [1.165, 1.54) is 38.5 Å². The van der Waals surface area contributed by atoms with E-state index in [0.29, 0.717) is 13.0 Å². The molecule has 1 aliphatic carbocycles. The molecule has 0 aliphatic heterocycles. The molecule has 0 aromatic heterocycles. The highest BCUT2D eigenvalue weighted by Crippen LogP contribution is 2.37. The Bertz CT molecular complexity index is 250. The third-order valence-electron chi connectivity index (χ3n) is 3.56. The highest BCUT2D eigenvalue weighted by Gasteiger charge is 2.44. The number of carbonyl (C=O) groups excluding carboxylic acids is 2. The molecule has 0 radical (unpaired) electrons. The fraction of sp³-hybridized carbons (Fsp3) is 0.867. The fourth-order valence-corrected chi connectivity index (χ4v) is 2.15. The standard InChI is InChI=1S/C15H26O3/c1-2-3-4-5-6-7-8-9-10-18-15(17)14-11-13(14)12-16/h12-14H,2-11H2,1H3. The summed E-state index contributed by atoms with van der Waals surface area (Å²) in [4.78, 5) is 21.8. The van der Waals surface area contributed by atoms with Crippen LogP contribution >= 0.6 is 0 Å². The maximum absolute atomic E-state index is 11.4. The van der Waals surface area contributed by atoms with Crippen LogP contribution in [-0.4, -0.2) is 18.9 Å². The monoisotopic (exact) mass is 254 g/mol. The van der Waals surface area contributed by atoms with E-state index in [1.807, 2.05) is 0 Å². The number of carbonyl (C=O) groups is 2. The molecule has 18 heavy (non-hydrogen) atoms. The highest BCUT2D eigenvalue weighted by atomic mass is 16.5. The first-order valence-electron chi connectivity index (χ1n) is 7.41. The van der Waals surface area contributed by atoms with Crippen molar-refractivity contribution < 1.29 is 14.3 Å². The lowest BCUT2D eigenvalue weighted by Crippen LogP contribution is -2.09. The van der Waals surface area contributed by atoms with Crippen LogP contribution in [0, 0.1) is 11.8 Å². The number of esters is 1. The van der Waals surface area contributed by atoms with E-state index in [2.05, 4.69) is 6.92 Å². The molecule has 0 aromatic carbocycles. The first-order valence-corrected chi connectivity index (χ1v) is 7.41. The quantitative estimate of drug-likeness (QED) is 0.322. The van der Waals surface area contributed by atoms with Crippen molar-refractivity contribution in [2.45, 2.75) is 64.7 Å². The zero-order chi connectivity index (χ0) is 13.2. The van der Waals surface area contributed by atoms with Gasteiger partial charge in [0.2, 0.25) is 0 Å². The van der Waals surface area contributed by atoms with Crippen LogP contribution in [0.5, 0.6) is 0 Å². The van der Waals surface area contributed by atoms with Crippen molar-refractivity contribution in [3.63, 3.8) is 0 Å². The van der Waals surface area contributed by atoms with Gasteiger partial charge in [0, 0.05) is 5.92 Å². The molecular weight excluding hydrogens is 228 g/mol. The Morgan fingerprint density at radius 1 is 1.11 bits per heavy atom. The smallest absolute Gasteiger partial charge is 0.309 e. The summed E-state index contributed by atoms with van der Waals surface area (Å²) in [5.41, 5.74) is 0. The van der Waals surface area contributed by atoms with Crippen LogP contribution in [0.25, 0.3) is 0 Å². The summed E-state index contributed by atoms with van der Waals surface area (Å²) >= 11 is 0. The van der Waals surface area contributed by atoms with Gasteiger partial charge in [0.15, 0.2) is 0 Å². The summed E-state index contributed by atoms with van der Waals surface area (Å²) in [5.74, 6) is -0.359. The fourth-order valence-electron chi connectivity index (χ4n) is 2.15.